The number of methoxy groups -OCH3 is 1. The maximum absolute atomic E-state index is 12.4. The van der Waals surface area contributed by atoms with Crippen molar-refractivity contribution in [1.29, 1.82) is 0 Å². The number of nitrogens with one attached hydrogen (secondary N) is 1. The number of thiazole rings is 1. The van der Waals surface area contributed by atoms with Gasteiger partial charge >= 0.3 is 0 Å². The van der Waals surface area contributed by atoms with Crippen LogP contribution in [-0.4, -0.2) is 43.6 Å². The number of phenolic OH excluding ortho intramolecular Hbond substituents is 1. The number of aromatic hydroxyl groups is 1. The number of amides is 1. The molecule has 2 N–H and O–H groups in total. The summed E-state index contributed by atoms with van der Waals surface area (Å²) in [6.07, 6.45) is 0. The summed E-state index contributed by atoms with van der Waals surface area (Å²) in [7, 11) is 3.46. The number of nitrogens with zero attached hydrogens (tertiary/aromatic N) is 4. The first-order chi connectivity index (χ1) is 15.0. The molecule has 0 unspecified atom stereocenters. The SMILES string of the molecule is COc1ccc(-c2csc(NC(=O)CSc3nnc(-c4ccc(O)cc4)n3C)n2)cc1. The highest BCUT2D eigenvalue weighted by Crippen LogP contribution is 2.27. The smallest absolute Gasteiger partial charge is 0.236 e. The number of phenols is 1. The molecule has 4 rings (SSSR count). The molecule has 0 aliphatic carbocycles. The summed E-state index contributed by atoms with van der Waals surface area (Å²) in [5, 5.41) is 23.7. The first-order valence-corrected chi connectivity index (χ1v) is 11.1. The van der Waals surface area contributed by atoms with Gasteiger partial charge in [0.25, 0.3) is 0 Å². The molecule has 4 aromatic rings. The van der Waals surface area contributed by atoms with Gasteiger partial charge in [-0.3, -0.25) is 4.79 Å². The maximum Gasteiger partial charge on any atom is 0.236 e. The van der Waals surface area contributed by atoms with Gasteiger partial charge in [0.05, 0.1) is 18.6 Å². The zero-order valence-corrected chi connectivity index (χ0v) is 18.4. The molecular weight excluding hydrogens is 434 g/mol. The lowest BCUT2D eigenvalue weighted by atomic mass is 10.2. The maximum atomic E-state index is 12.4. The van der Waals surface area contributed by atoms with Crippen LogP contribution >= 0.6 is 23.1 Å². The van der Waals surface area contributed by atoms with E-state index in [9.17, 15) is 9.90 Å². The van der Waals surface area contributed by atoms with Crippen LogP contribution in [-0.2, 0) is 11.8 Å². The van der Waals surface area contributed by atoms with E-state index < -0.39 is 0 Å². The number of hydrogen-bond donors (Lipinski definition) is 2. The Balaban J connectivity index is 1.36. The zero-order valence-electron chi connectivity index (χ0n) is 16.8. The third-order valence-electron chi connectivity index (χ3n) is 4.43. The molecule has 2 aromatic heterocycles. The number of ether oxygens (including phenoxy) is 1. The van der Waals surface area contributed by atoms with Crippen molar-refractivity contribution in [3.8, 4) is 34.1 Å². The molecule has 0 fully saturated rings. The molecule has 2 heterocycles. The molecule has 0 aliphatic rings. The predicted octanol–water partition coefficient (Wildman–Crippen LogP) is 4.05. The molecule has 0 atom stereocenters. The third-order valence-corrected chi connectivity index (χ3v) is 6.21. The Morgan fingerprint density at radius 3 is 2.55 bits per heavy atom. The van der Waals surface area contributed by atoms with E-state index in [4.69, 9.17) is 4.74 Å². The fraction of sp³-hybridized carbons (Fsp3) is 0.143. The van der Waals surface area contributed by atoms with Crippen LogP contribution in [0.3, 0.4) is 0 Å². The summed E-state index contributed by atoms with van der Waals surface area (Å²) < 4.78 is 6.98. The molecule has 0 aliphatic heterocycles. The van der Waals surface area contributed by atoms with Crippen molar-refractivity contribution in [3.05, 3.63) is 53.9 Å². The van der Waals surface area contributed by atoms with Crippen LogP contribution in [0, 0.1) is 0 Å². The molecule has 0 spiro atoms. The van der Waals surface area contributed by atoms with Gasteiger partial charge in [0.15, 0.2) is 16.1 Å². The fourth-order valence-corrected chi connectivity index (χ4v) is 4.26. The molecular formula is C21H19N5O3S2. The van der Waals surface area contributed by atoms with Crippen LogP contribution in [0.4, 0.5) is 5.13 Å². The summed E-state index contributed by atoms with van der Waals surface area (Å²) >= 11 is 2.66. The van der Waals surface area contributed by atoms with Crippen LogP contribution in [0.1, 0.15) is 0 Å². The Morgan fingerprint density at radius 2 is 1.84 bits per heavy atom. The number of rotatable bonds is 7. The number of aromatic nitrogens is 4. The highest BCUT2D eigenvalue weighted by atomic mass is 32.2. The second kappa shape index (κ2) is 9.19. The van der Waals surface area contributed by atoms with Crippen molar-refractivity contribution in [2.75, 3.05) is 18.2 Å². The molecule has 10 heteroatoms. The summed E-state index contributed by atoms with van der Waals surface area (Å²) in [6, 6.07) is 14.3. The van der Waals surface area contributed by atoms with Crippen LogP contribution < -0.4 is 10.1 Å². The number of hydrogen-bond acceptors (Lipinski definition) is 8. The van der Waals surface area contributed by atoms with Gasteiger partial charge in [0.1, 0.15) is 11.5 Å². The summed E-state index contributed by atoms with van der Waals surface area (Å²) in [5.41, 5.74) is 2.58. The minimum atomic E-state index is -0.171. The van der Waals surface area contributed by atoms with E-state index in [0.29, 0.717) is 16.1 Å². The van der Waals surface area contributed by atoms with Gasteiger partial charge in [0, 0.05) is 23.6 Å². The molecule has 2 aromatic carbocycles. The Labute approximate surface area is 186 Å². The quantitative estimate of drug-likeness (QED) is 0.407. The molecule has 0 bridgehead atoms. The number of anilines is 1. The fourth-order valence-electron chi connectivity index (χ4n) is 2.81. The van der Waals surface area contributed by atoms with Gasteiger partial charge in [-0.25, -0.2) is 4.98 Å². The average molecular weight is 454 g/mol. The molecule has 31 heavy (non-hydrogen) atoms. The van der Waals surface area contributed by atoms with Gasteiger partial charge in [-0.1, -0.05) is 11.8 Å². The standard InChI is InChI=1S/C21H19N5O3S2/c1-26-19(14-3-7-15(27)8-4-14)24-25-21(26)31-12-18(28)23-20-22-17(11-30-20)13-5-9-16(29-2)10-6-13/h3-11,27H,12H2,1-2H3,(H,22,23,28). The van der Waals surface area contributed by atoms with E-state index >= 15 is 0 Å². The molecule has 1 amide bonds. The Bertz CT molecular complexity index is 1190. The van der Waals surface area contributed by atoms with E-state index in [0.717, 1.165) is 22.6 Å². The number of carbonyl (C=O) groups is 1. The van der Waals surface area contributed by atoms with Crippen molar-refractivity contribution >= 4 is 34.1 Å². The molecule has 0 radical (unpaired) electrons. The molecule has 0 saturated carbocycles. The number of thioether (sulfide) groups is 1. The van der Waals surface area contributed by atoms with E-state index in [-0.39, 0.29) is 17.4 Å². The van der Waals surface area contributed by atoms with Gasteiger partial charge in [-0.2, -0.15) is 0 Å². The van der Waals surface area contributed by atoms with E-state index in [2.05, 4.69) is 20.5 Å². The van der Waals surface area contributed by atoms with E-state index in [1.54, 1.807) is 31.4 Å². The average Bonchev–Trinajstić information content (AvgIpc) is 3.39. The van der Waals surface area contributed by atoms with E-state index in [1.165, 1.54) is 23.1 Å². The van der Waals surface area contributed by atoms with Crippen molar-refractivity contribution in [2.24, 2.45) is 7.05 Å². The van der Waals surface area contributed by atoms with Crippen LogP contribution in [0.25, 0.3) is 22.6 Å². The normalized spacial score (nSPS) is 10.8. The molecule has 8 nitrogen and oxygen atoms in total. The topological polar surface area (TPSA) is 102 Å². The molecule has 158 valence electrons. The van der Waals surface area contributed by atoms with Gasteiger partial charge in [-0.05, 0) is 48.5 Å². The van der Waals surface area contributed by atoms with Gasteiger partial charge < -0.3 is 19.7 Å². The van der Waals surface area contributed by atoms with Crippen molar-refractivity contribution in [1.82, 2.24) is 19.7 Å². The van der Waals surface area contributed by atoms with Crippen molar-refractivity contribution in [3.63, 3.8) is 0 Å². The Morgan fingerprint density at radius 1 is 1.13 bits per heavy atom. The first-order valence-electron chi connectivity index (χ1n) is 9.25. The minimum Gasteiger partial charge on any atom is -0.508 e. The van der Waals surface area contributed by atoms with Crippen LogP contribution in [0.5, 0.6) is 11.5 Å². The third kappa shape index (κ3) is 4.86. The van der Waals surface area contributed by atoms with Gasteiger partial charge in [-0.15, -0.1) is 21.5 Å². The lowest BCUT2D eigenvalue weighted by Gasteiger charge is -2.04. The number of carbonyl (C=O) groups excluding carboxylic acids is 1. The Kier molecular flexibility index (Phi) is 6.19. The summed E-state index contributed by atoms with van der Waals surface area (Å²) in [4.78, 5) is 16.9. The van der Waals surface area contributed by atoms with Crippen LogP contribution in [0.2, 0.25) is 0 Å². The van der Waals surface area contributed by atoms with Crippen molar-refractivity contribution in [2.45, 2.75) is 5.16 Å². The molecule has 0 saturated heterocycles. The van der Waals surface area contributed by atoms with Crippen molar-refractivity contribution < 1.29 is 14.6 Å². The predicted molar refractivity (Wildman–Crippen MR) is 122 cm³/mol. The second-order valence-electron chi connectivity index (χ2n) is 6.52. The highest BCUT2D eigenvalue weighted by molar-refractivity contribution is 7.99. The minimum absolute atomic E-state index is 0.171. The summed E-state index contributed by atoms with van der Waals surface area (Å²) in [6.45, 7) is 0. The monoisotopic (exact) mass is 453 g/mol. The van der Waals surface area contributed by atoms with Crippen LogP contribution in [0.15, 0.2) is 59.1 Å². The largest absolute Gasteiger partial charge is 0.508 e. The van der Waals surface area contributed by atoms with E-state index in [1.807, 2.05) is 41.3 Å². The number of benzene rings is 2. The lowest BCUT2D eigenvalue weighted by molar-refractivity contribution is -0.113. The zero-order chi connectivity index (χ0) is 21.8. The first kappa shape index (κ1) is 20.9. The van der Waals surface area contributed by atoms with Gasteiger partial charge in [0.2, 0.25) is 5.91 Å². The lowest BCUT2D eigenvalue weighted by Crippen LogP contribution is -2.14. The summed E-state index contributed by atoms with van der Waals surface area (Å²) in [5.74, 6) is 1.64. The second-order valence-corrected chi connectivity index (χ2v) is 8.32. The Hall–Kier alpha value is -3.37. The highest BCUT2D eigenvalue weighted by Gasteiger charge is 2.14.